The zero-order valence-electron chi connectivity index (χ0n) is 17.9. The number of nitrogens with zero attached hydrogens (tertiary/aromatic N) is 1. The number of hydrogen-bond acceptors (Lipinski definition) is 6. The Labute approximate surface area is 192 Å². The minimum atomic E-state index is -3.72. The van der Waals surface area contributed by atoms with Crippen molar-refractivity contribution in [2.75, 3.05) is 19.8 Å². The second-order valence-electron chi connectivity index (χ2n) is 7.99. The maximum absolute atomic E-state index is 13.3. The van der Waals surface area contributed by atoms with Crippen LogP contribution < -0.4 is 14.2 Å². The summed E-state index contributed by atoms with van der Waals surface area (Å²) in [6.07, 6.45) is 3.24. The van der Waals surface area contributed by atoms with Crippen molar-refractivity contribution in [1.29, 1.82) is 0 Å². The number of sulfonamides is 1. The summed E-state index contributed by atoms with van der Waals surface area (Å²) in [6.45, 7) is 1.74. The van der Waals surface area contributed by atoms with Gasteiger partial charge in [0, 0.05) is 12.1 Å². The lowest BCUT2D eigenvalue weighted by molar-refractivity contribution is 0.0735. The summed E-state index contributed by atoms with van der Waals surface area (Å²) in [5, 5.41) is 0. The van der Waals surface area contributed by atoms with Crippen LogP contribution in [0.4, 0.5) is 0 Å². The molecule has 2 aliphatic rings. The van der Waals surface area contributed by atoms with Crippen molar-refractivity contribution in [3.8, 4) is 11.5 Å². The fourth-order valence-electron chi connectivity index (χ4n) is 4.23. The minimum absolute atomic E-state index is 0.0566. The standard InChI is InChI=1S/C24H24N2O6S/c27-24(17-5-8-20(9-6-17)33(28,29)25-16-19-3-2-12-30-19)26-11-1-4-21(26)18-7-10-22-23(15-18)32-14-13-31-22/h2-3,5-10,12,15,21,25H,1,4,11,13-14,16H2/t21-/m1/s1. The molecular weight excluding hydrogens is 444 g/mol. The van der Waals surface area contributed by atoms with E-state index in [-0.39, 0.29) is 23.4 Å². The summed E-state index contributed by atoms with van der Waals surface area (Å²) in [4.78, 5) is 15.2. The third-order valence-corrected chi connectivity index (χ3v) is 7.31. The molecule has 0 spiro atoms. The average molecular weight is 469 g/mol. The Balaban J connectivity index is 1.30. The predicted octanol–water partition coefficient (Wildman–Crippen LogP) is 3.51. The van der Waals surface area contributed by atoms with Gasteiger partial charge in [0.05, 0.1) is 23.7 Å². The van der Waals surface area contributed by atoms with Crippen molar-refractivity contribution in [1.82, 2.24) is 9.62 Å². The van der Waals surface area contributed by atoms with Crippen LogP contribution in [0.15, 0.2) is 70.2 Å². The van der Waals surface area contributed by atoms with E-state index in [4.69, 9.17) is 13.9 Å². The predicted molar refractivity (Wildman–Crippen MR) is 120 cm³/mol. The molecule has 0 bridgehead atoms. The average Bonchev–Trinajstić information content (AvgIpc) is 3.54. The van der Waals surface area contributed by atoms with E-state index in [2.05, 4.69) is 4.72 Å². The number of benzene rings is 2. The second kappa shape index (κ2) is 8.92. The lowest BCUT2D eigenvalue weighted by Crippen LogP contribution is -2.30. The first-order chi connectivity index (χ1) is 16.0. The molecule has 5 rings (SSSR count). The van der Waals surface area contributed by atoms with Crippen LogP contribution in [0, 0.1) is 0 Å². The van der Waals surface area contributed by atoms with Gasteiger partial charge in [0.2, 0.25) is 10.0 Å². The highest BCUT2D eigenvalue weighted by molar-refractivity contribution is 7.89. The van der Waals surface area contributed by atoms with E-state index in [1.807, 2.05) is 23.1 Å². The molecule has 33 heavy (non-hydrogen) atoms. The van der Waals surface area contributed by atoms with E-state index in [9.17, 15) is 13.2 Å². The van der Waals surface area contributed by atoms with Gasteiger partial charge in [-0.15, -0.1) is 0 Å². The van der Waals surface area contributed by atoms with Crippen molar-refractivity contribution in [3.63, 3.8) is 0 Å². The topological polar surface area (TPSA) is 98.1 Å². The highest BCUT2D eigenvalue weighted by Gasteiger charge is 2.31. The third-order valence-electron chi connectivity index (χ3n) is 5.89. The number of likely N-dealkylation sites (tertiary alicyclic amines) is 1. The molecule has 1 aromatic heterocycles. The van der Waals surface area contributed by atoms with E-state index in [1.165, 1.54) is 18.4 Å². The molecule has 0 saturated carbocycles. The summed E-state index contributed by atoms with van der Waals surface area (Å²) in [7, 11) is -3.72. The summed E-state index contributed by atoms with van der Waals surface area (Å²) < 4.78 is 44.0. The van der Waals surface area contributed by atoms with E-state index >= 15 is 0 Å². The zero-order valence-corrected chi connectivity index (χ0v) is 18.7. The summed E-state index contributed by atoms with van der Waals surface area (Å²) >= 11 is 0. The number of carbonyl (C=O) groups excluding carboxylic acids is 1. The van der Waals surface area contributed by atoms with Gasteiger partial charge in [0.15, 0.2) is 11.5 Å². The van der Waals surface area contributed by atoms with Crippen LogP contribution >= 0.6 is 0 Å². The number of ether oxygens (including phenoxy) is 2. The maximum Gasteiger partial charge on any atom is 0.254 e. The Morgan fingerprint density at radius 3 is 2.58 bits per heavy atom. The Bertz CT molecular complexity index is 1240. The van der Waals surface area contributed by atoms with Gasteiger partial charge in [-0.25, -0.2) is 13.1 Å². The Hall–Kier alpha value is -3.30. The number of amides is 1. The molecule has 0 unspecified atom stereocenters. The van der Waals surface area contributed by atoms with Crippen molar-refractivity contribution in [2.24, 2.45) is 0 Å². The lowest BCUT2D eigenvalue weighted by atomic mass is 10.0. The highest BCUT2D eigenvalue weighted by Crippen LogP contribution is 2.38. The van der Waals surface area contributed by atoms with E-state index in [0.29, 0.717) is 36.8 Å². The first-order valence-corrected chi connectivity index (χ1v) is 12.3. The van der Waals surface area contributed by atoms with Crippen LogP contribution in [0.25, 0.3) is 0 Å². The van der Waals surface area contributed by atoms with Gasteiger partial charge in [0.25, 0.3) is 5.91 Å². The third kappa shape index (κ3) is 4.46. The monoisotopic (exact) mass is 468 g/mol. The maximum atomic E-state index is 13.3. The van der Waals surface area contributed by atoms with Crippen LogP contribution in [-0.4, -0.2) is 39.0 Å². The first-order valence-electron chi connectivity index (χ1n) is 10.8. The van der Waals surface area contributed by atoms with Gasteiger partial charge in [-0.3, -0.25) is 4.79 Å². The van der Waals surface area contributed by atoms with Crippen molar-refractivity contribution < 1.29 is 27.1 Å². The largest absolute Gasteiger partial charge is 0.486 e. The number of furan rings is 1. The summed E-state index contributed by atoms with van der Waals surface area (Å²) in [6, 6.07) is 15.2. The van der Waals surface area contributed by atoms with E-state index in [0.717, 1.165) is 24.2 Å². The van der Waals surface area contributed by atoms with Crippen LogP contribution in [0.3, 0.4) is 0 Å². The van der Waals surface area contributed by atoms with Gasteiger partial charge >= 0.3 is 0 Å². The molecule has 9 heteroatoms. The zero-order chi connectivity index (χ0) is 22.8. The molecular formula is C24H24N2O6S. The number of fused-ring (bicyclic) bond motifs is 1. The Morgan fingerprint density at radius 1 is 1.03 bits per heavy atom. The molecule has 172 valence electrons. The van der Waals surface area contributed by atoms with Gasteiger partial charge in [-0.05, 0) is 66.9 Å². The quantitative estimate of drug-likeness (QED) is 0.595. The second-order valence-corrected chi connectivity index (χ2v) is 9.75. The summed E-state index contributed by atoms with van der Waals surface area (Å²) in [5.41, 5.74) is 1.45. The molecule has 8 nitrogen and oxygen atoms in total. The Morgan fingerprint density at radius 2 is 1.82 bits per heavy atom. The number of carbonyl (C=O) groups is 1. The van der Waals surface area contributed by atoms with Crippen LogP contribution in [0.2, 0.25) is 0 Å². The lowest BCUT2D eigenvalue weighted by Gasteiger charge is -2.27. The SMILES string of the molecule is O=C(c1ccc(S(=O)(=O)NCc2ccco2)cc1)N1CCC[C@@H]1c1ccc2c(c1)OCCO2. The van der Waals surface area contributed by atoms with Crippen molar-refractivity contribution in [2.45, 2.75) is 30.3 Å². The fraction of sp³-hybridized carbons (Fsp3) is 0.292. The van der Waals surface area contributed by atoms with Crippen molar-refractivity contribution in [3.05, 3.63) is 77.7 Å². The molecule has 0 aliphatic carbocycles. The molecule has 3 aromatic rings. The van der Waals surface area contributed by atoms with Gasteiger partial charge in [-0.1, -0.05) is 6.07 Å². The molecule has 1 N–H and O–H groups in total. The number of rotatable bonds is 6. The van der Waals surface area contributed by atoms with E-state index < -0.39 is 10.0 Å². The molecule has 3 heterocycles. The highest BCUT2D eigenvalue weighted by atomic mass is 32.2. The van der Waals surface area contributed by atoms with Gasteiger partial charge in [0.1, 0.15) is 19.0 Å². The molecule has 2 aliphatic heterocycles. The molecule has 2 aromatic carbocycles. The number of hydrogen-bond donors (Lipinski definition) is 1. The van der Waals surface area contributed by atoms with Crippen LogP contribution in [-0.2, 0) is 16.6 Å². The first kappa shape index (κ1) is 21.5. The van der Waals surface area contributed by atoms with E-state index in [1.54, 1.807) is 24.3 Å². The molecule has 1 amide bonds. The van der Waals surface area contributed by atoms with Crippen LogP contribution in [0.5, 0.6) is 11.5 Å². The molecule has 0 radical (unpaired) electrons. The van der Waals surface area contributed by atoms with Crippen LogP contribution in [0.1, 0.15) is 40.6 Å². The minimum Gasteiger partial charge on any atom is -0.486 e. The number of nitrogens with one attached hydrogen (secondary N) is 1. The van der Waals surface area contributed by atoms with Gasteiger partial charge < -0.3 is 18.8 Å². The smallest absolute Gasteiger partial charge is 0.254 e. The molecule has 1 saturated heterocycles. The van der Waals surface area contributed by atoms with Crippen molar-refractivity contribution >= 4 is 15.9 Å². The Kier molecular flexibility index (Phi) is 5.82. The normalized spacial score (nSPS) is 17.8. The summed E-state index contributed by atoms with van der Waals surface area (Å²) in [5.74, 6) is 1.82. The van der Waals surface area contributed by atoms with Gasteiger partial charge in [-0.2, -0.15) is 0 Å². The molecule has 1 atom stereocenters. The molecule has 1 fully saturated rings. The fourth-order valence-corrected chi connectivity index (χ4v) is 5.22.